The number of hydrogen-bond donors (Lipinski definition) is 0. The summed E-state index contributed by atoms with van der Waals surface area (Å²) in [5.74, 6) is -1.06. The van der Waals surface area contributed by atoms with E-state index in [1.165, 1.54) is 23.1 Å². The number of fused-ring (bicyclic) bond motifs is 2. The van der Waals surface area contributed by atoms with E-state index in [1.807, 2.05) is 0 Å². The number of benzene rings is 3. The van der Waals surface area contributed by atoms with Gasteiger partial charge < -0.3 is 14.4 Å². The molecular weight excluding hydrogens is 522 g/mol. The first-order valence-corrected chi connectivity index (χ1v) is 11.3. The molecule has 174 valence electrons. The van der Waals surface area contributed by atoms with Crippen molar-refractivity contribution in [2.24, 2.45) is 0 Å². The van der Waals surface area contributed by atoms with Crippen LogP contribution in [-0.2, 0) is 4.79 Å². The number of nitro benzene ring substituents is 1. The zero-order valence-corrected chi connectivity index (χ0v) is 19.3. The monoisotopic (exact) mass is 535 g/mol. The fraction of sp³-hybridized carbons (Fsp3) is 0.125. The first-order chi connectivity index (χ1) is 16.9. The maximum Gasteiger partial charge on any atom is 0.282 e. The summed E-state index contributed by atoms with van der Waals surface area (Å²) in [5, 5.41) is 11.5. The molecule has 11 heteroatoms. The van der Waals surface area contributed by atoms with E-state index in [2.05, 4.69) is 15.9 Å². The van der Waals surface area contributed by atoms with Gasteiger partial charge in [-0.25, -0.2) is 0 Å². The second-order valence-electron chi connectivity index (χ2n) is 8.12. The third kappa shape index (κ3) is 3.04. The highest BCUT2D eigenvalue weighted by atomic mass is 79.9. The van der Waals surface area contributed by atoms with Crippen molar-refractivity contribution in [1.82, 2.24) is 4.90 Å². The van der Waals surface area contributed by atoms with Crippen molar-refractivity contribution in [1.29, 1.82) is 0 Å². The highest BCUT2D eigenvalue weighted by Crippen LogP contribution is 2.47. The summed E-state index contributed by atoms with van der Waals surface area (Å²) in [5.41, 5.74) is 0.317. The van der Waals surface area contributed by atoms with E-state index in [9.17, 15) is 24.5 Å². The Hall–Kier alpha value is -4.25. The Kier molecular flexibility index (Phi) is 4.65. The predicted octanol–water partition coefficient (Wildman–Crippen LogP) is 3.84. The summed E-state index contributed by atoms with van der Waals surface area (Å²) in [6.45, 7) is 0.0598. The number of carbonyl (C=O) groups excluding carboxylic acids is 3. The van der Waals surface area contributed by atoms with Crippen LogP contribution in [0.2, 0.25) is 0 Å². The van der Waals surface area contributed by atoms with Gasteiger partial charge in [0.05, 0.1) is 16.5 Å². The molecule has 6 rings (SSSR count). The number of amides is 3. The predicted molar refractivity (Wildman–Crippen MR) is 124 cm³/mol. The van der Waals surface area contributed by atoms with E-state index in [4.69, 9.17) is 9.47 Å². The molecule has 0 saturated carbocycles. The van der Waals surface area contributed by atoms with Gasteiger partial charge in [-0.15, -0.1) is 0 Å². The van der Waals surface area contributed by atoms with E-state index in [-0.39, 0.29) is 17.9 Å². The van der Waals surface area contributed by atoms with Crippen LogP contribution < -0.4 is 14.4 Å². The van der Waals surface area contributed by atoms with Gasteiger partial charge in [-0.2, -0.15) is 0 Å². The average Bonchev–Trinajstić information content (AvgIpc) is 3.41. The second kappa shape index (κ2) is 7.64. The largest absolute Gasteiger partial charge is 0.454 e. The maximum absolute atomic E-state index is 13.5. The summed E-state index contributed by atoms with van der Waals surface area (Å²) in [7, 11) is 0. The van der Waals surface area contributed by atoms with Crippen molar-refractivity contribution in [3.05, 3.63) is 91.9 Å². The smallest absolute Gasteiger partial charge is 0.282 e. The Morgan fingerprint density at radius 3 is 2.37 bits per heavy atom. The third-order valence-corrected chi connectivity index (χ3v) is 6.84. The lowest BCUT2D eigenvalue weighted by Crippen LogP contribution is -2.67. The lowest BCUT2D eigenvalue weighted by molar-refractivity contribution is -0.385. The highest BCUT2D eigenvalue weighted by molar-refractivity contribution is 9.10. The molecular formula is C24H14BrN3O7. The van der Waals surface area contributed by atoms with E-state index >= 15 is 0 Å². The van der Waals surface area contributed by atoms with Crippen LogP contribution in [0.25, 0.3) is 0 Å². The van der Waals surface area contributed by atoms with Gasteiger partial charge in [-0.1, -0.05) is 28.1 Å². The van der Waals surface area contributed by atoms with Crippen molar-refractivity contribution < 1.29 is 28.8 Å². The molecule has 0 bridgehead atoms. The summed E-state index contributed by atoms with van der Waals surface area (Å²) >= 11 is 3.37. The SMILES string of the molecule is O=C1c2cccc([N+](=O)[O-])c2C(=O)N1[C@H]1C(=O)N(c2ccc(Br)cc2)[C@@H]1c1ccc2c(c1)OCO2. The van der Waals surface area contributed by atoms with Crippen molar-refractivity contribution in [2.75, 3.05) is 11.7 Å². The van der Waals surface area contributed by atoms with Crippen LogP contribution in [0.4, 0.5) is 11.4 Å². The molecule has 3 heterocycles. The number of ether oxygens (including phenoxy) is 2. The van der Waals surface area contributed by atoms with E-state index in [0.29, 0.717) is 22.7 Å². The Morgan fingerprint density at radius 1 is 0.886 bits per heavy atom. The van der Waals surface area contributed by atoms with Crippen LogP contribution in [-0.4, -0.2) is 40.4 Å². The molecule has 3 aromatic rings. The number of rotatable bonds is 4. The fourth-order valence-electron chi connectivity index (χ4n) is 4.73. The zero-order chi connectivity index (χ0) is 24.4. The molecule has 3 aliphatic rings. The lowest BCUT2D eigenvalue weighted by atomic mass is 9.86. The number of nitrogens with zero attached hydrogens (tertiary/aromatic N) is 3. The van der Waals surface area contributed by atoms with E-state index < -0.39 is 40.4 Å². The summed E-state index contributed by atoms with van der Waals surface area (Å²) in [4.78, 5) is 53.2. The fourth-order valence-corrected chi connectivity index (χ4v) is 5.00. The number of imide groups is 1. The standard InChI is InChI=1S/C24H14BrN3O7/c25-13-5-7-14(8-6-13)26-20(12-4-9-17-18(10-12)35-11-34-17)21(24(26)31)27-22(29)15-2-1-3-16(28(32)33)19(15)23(27)30/h1-10,20-21H,11H2/t20-,21-/m1/s1. The zero-order valence-electron chi connectivity index (χ0n) is 17.7. The molecule has 0 unspecified atom stereocenters. The molecule has 0 spiro atoms. The number of β-lactam (4-membered cyclic amide) rings is 1. The number of halogens is 1. The Bertz CT molecular complexity index is 1460. The number of carbonyl (C=O) groups is 3. The van der Waals surface area contributed by atoms with Gasteiger partial charge in [-0.3, -0.25) is 29.4 Å². The summed E-state index contributed by atoms with van der Waals surface area (Å²) < 4.78 is 11.7. The topological polar surface area (TPSA) is 119 Å². The molecule has 2 atom stereocenters. The molecule has 3 amide bonds. The van der Waals surface area contributed by atoms with Gasteiger partial charge in [-0.05, 0) is 48.0 Å². The van der Waals surface area contributed by atoms with Crippen molar-refractivity contribution in [3.8, 4) is 11.5 Å². The molecule has 0 aliphatic carbocycles. The quantitative estimate of drug-likeness (QED) is 0.215. The van der Waals surface area contributed by atoms with Crippen molar-refractivity contribution in [2.45, 2.75) is 12.1 Å². The lowest BCUT2D eigenvalue weighted by Gasteiger charge is -2.49. The molecule has 0 N–H and O–H groups in total. The molecule has 0 aromatic heterocycles. The van der Waals surface area contributed by atoms with Crippen molar-refractivity contribution in [3.63, 3.8) is 0 Å². The Balaban J connectivity index is 1.45. The summed E-state index contributed by atoms with van der Waals surface area (Å²) in [6, 6.07) is 14.1. The van der Waals surface area contributed by atoms with Gasteiger partial charge in [0.2, 0.25) is 6.79 Å². The first kappa shape index (κ1) is 21.3. The Labute approximate surface area is 205 Å². The minimum atomic E-state index is -1.19. The molecule has 3 aliphatic heterocycles. The Morgan fingerprint density at radius 2 is 1.63 bits per heavy atom. The molecule has 10 nitrogen and oxygen atoms in total. The van der Waals surface area contributed by atoms with Gasteiger partial charge in [0.15, 0.2) is 11.5 Å². The molecule has 1 fully saturated rings. The minimum absolute atomic E-state index is 0.0598. The van der Waals surface area contributed by atoms with Gasteiger partial charge >= 0.3 is 0 Å². The van der Waals surface area contributed by atoms with Gasteiger partial charge in [0.1, 0.15) is 11.6 Å². The van der Waals surface area contributed by atoms with Crippen molar-refractivity contribution >= 4 is 45.0 Å². The van der Waals surface area contributed by atoms with Crippen LogP contribution in [0, 0.1) is 10.1 Å². The van der Waals surface area contributed by atoms with Crippen LogP contribution in [0.1, 0.15) is 32.3 Å². The minimum Gasteiger partial charge on any atom is -0.454 e. The number of nitro groups is 1. The average molecular weight is 536 g/mol. The summed E-state index contributed by atoms with van der Waals surface area (Å²) in [6.07, 6.45) is 0. The third-order valence-electron chi connectivity index (χ3n) is 6.31. The first-order valence-electron chi connectivity index (χ1n) is 10.5. The molecule has 35 heavy (non-hydrogen) atoms. The molecule has 3 aromatic carbocycles. The van der Waals surface area contributed by atoms with Gasteiger partial charge in [0, 0.05) is 16.2 Å². The van der Waals surface area contributed by atoms with Gasteiger partial charge in [0.25, 0.3) is 23.4 Å². The second-order valence-corrected chi connectivity index (χ2v) is 9.04. The normalized spacial score (nSPS) is 20.2. The van der Waals surface area contributed by atoms with Crippen LogP contribution in [0.15, 0.2) is 65.1 Å². The number of anilines is 1. The highest BCUT2D eigenvalue weighted by Gasteiger charge is 2.58. The number of hydrogen-bond acceptors (Lipinski definition) is 7. The maximum atomic E-state index is 13.5. The molecule has 0 radical (unpaired) electrons. The molecule has 1 saturated heterocycles. The van der Waals surface area contributed by atoms with E-state index in [1.54, 1.807) is 42.5 Å². The van der Waals surface area contributed by atoms with Crippen LogP contribution in [0.3, 0.4) is 0 Å². The van der Waals surface area contributed by atoms with E-state index in [0.717, 1.165) is 9.37 Å². The van der Waals surface area contributed by atoms with Crippen LogP contribution >= 0.6 is 15.9 Å². The van der Waals surface area contributed by atoms with Crippen LogP contribution in [0.5, 0.6) is 11.5 Å².